The lowest BCUT2D eigenvalue weighted by Crippen LogP contribution is -2.00. The van der Waals surface area contributed by atoms with E-state index in [1.165, 1.54) is 0 Å². The third-order valence-corrected chi connectivity index (χ3v) is 5.18. The first-order chi connectivity index (χ1) is 15.7. The van der Waals surface area contributed by atoms with E-state index in [1.807, 2.05) is 84.3 Å². The largest absolute Gasteiger partial charge is 0.490 e. The fraction of sp³-hybridized carbons (Fsp3) is 0.154. The van der Waals surface area contributed by atoms with Crippen molar-refractivity contribution in [3.05, 3.63) is 94.8 Å². The second-order valence-electron chi connectivity index (χ2n) is 7.20. The van der Waals surface area contributed by atoms with Crippen LogP contribution in [0.25, 0.3) is 17.1 Å². The predicted molar refractivity (Wildman–Crippen MR) is 127 cm³/mol. The first-order valence-electron chi connectivity index (χ1n) is 10.3. The van der Waals surface area contributed by atoms with Crippen LogP contribution < -0.4 is 9.47 Å². The molecule has 0 N–H and O–H groups in total. The lowest BCUT2D eigenvalue weighted by molar-refractivity contribution is 0.269. The van der Waals surface area contributed by atoms with Gasteiger partial charge in [0.2, 0.25) is 0 Å². The lowest BCUT2D eigenvalue weighted by atomic mass is 10.1. The summed E-state index contributed by atoms with van der Waals surface area (Å²) in [4.78, 5) is 4.40. The molecule has 0 spiro atoms. The Bertz CT molecular complexity index is 1290. The SMILES string of the molecule is CCOc1cc(/C=C(/C#N)Cn2cnc3ccccc32)ccc1OCc1ccc(Cl)cc1. The Kier molecular flexibility index (Phi) is 6.74. The van der Waals surface area contributed by atoms with E-state index >= 15 is 0 Å². The minimum Gasteiger partial charge on any atom is -0.490 e. The Morgan fingerprint density at radius 2 is 1.88 bits per heavy atom. The number of hydrogen-bond acceptors (Lipinski definition) is 4. The summed E-state index contributed by atoms with van der Waals surface area (Å²) < 4.78 is 13.7. The number of para-hydroxylation sites is 2. The third-order valence-electron chi connectivity index (χ3n) is 4.93. The molecule has 6 heteroatoms. The van der Waals surface area contributed by atoms with Gasteiger partial charge in [-0.05, 0) is 60.5 Å². The van der Waals surface area contributed by atoms with Crippen LogP contribution >= 0.6 is 11.6 Å². The summed E-state index contributed by atoms with van der Waals surface area (Å²) >= 11 is 5.95. The lowest BCUT2D eigenvalue weighted by Gasteiger charge is -2.13. The van der Waals surface area contributed by atoms with Crippen molar-refractivity contribution in [1.82, 2.24) is 9.55 Å². The fourth-order valence-electron chi connectivity index (χ4n) is 3.38. The molecule has 0 amide bonds. The Labute approximate surface area is 192 Å². The highest BCUT2D eigenvalue weighted by molar-refractivity contribution is 6.30. The maximum Gasteiger partial charge on any atom is 0.161 e. The van der Waals surface area contributed by atoms with Crippen LogP contribution in [0.2, 0.25) is 5.02 Å². The molecule has 0 fully saturated rings. The number of rotatable bonds is 8. The number of halogens is 1. The first kappa shape index (κ1) is 21.5. The topological polar surface area (TPSA) is 60.1 Å². The summed E-state index contributed by atoms with van der Waals surface area (Å²) in [5.74, 6) is 1.29. The number of ether oxygens (including phenoxy) is 2. The summed E-state index contributed by atoms with van der Waals surface area (Å²) in [5.41, 5.74) is 4.40. The van der Waals surface area contributed by atoms with Gasteiger partial charge in [-0.2, -0.15) is 5.26 Å². The summed E-state index contributed by atoms with van der Waals surface area (Å²) in [6.07, 6.45) is 3.62. The molecule has 0 unspecified atom stereocenters. The van der Waals surface area contributed by atoms with E-state index in [0.717, 1.165) is 22.2 Å². The van der Waals surface area contributed by atoms with Gasteiger partial charge in [0.05, 0.1) is 36.6 Å². The van der Waals surface area contributed by atoms with E-state index in [0.29, 0.717) is 41.9 Å². The zero-order valence-electron chi connectivity index (χ0n) is 17.7. The Hall–Kier alpha value is -3.75. The maximum absolute atomic E-state index is 9.70. The zero-order valence-corrected chi connectivity index (χ0v) is 18.4. The second kappa shape index (κ2) is 10.0. The zero-order chi connectivity index (χ0) is 22.3. The molecule has 4 aromatic rings. The van der Waals surface area contributed by atoms with Gasteiger partial charge in [-0.15, -0.1) is 0 Å². The van der Waals surface area contributed by atoms with Crippen molar-refractivity contribution in [2.45, 2.75) is 20.1 Å². The molecule has 0 bridgehead atoms. The van der Waals surface area contributed by atoms with E-state index in [4.69, 9.17) is 21.1 Å². The quantitative estimate of drug-likeness (QED) is 0.301. The molecule has 0 radical (unpaired) electrons. The van der Waals surface area contributed by atoms with Crippen molar-refractivity contribution in [2.75, 3.05) is 6.61 Å². The van der Waals surface area contributed by atoms with Crippen LogP contribution in [0.5, 0.6) is 11.5 Å². The van der Waals surface area contributed by atoms with Crippen molar-refractivity contribution in [3.8, 4) is 17.6 Å². The Balaban J connectivity index is 1.54. The average molecular weight is 444 g/mol. The minimum atomic E-state index is 0.406. The van der Waals surface area contributed by atoms with Gasteiger partial charge in [0.15, 0.2) is 11.5 Å². The number of hydrogen-bond donors (Lipinski definition) is 0. The van der Waals surface area contributed by atoms with E-state index in [1.54, 1.807) is 6.33 Å². The van der Waals surface area contributed by atoms with E-state index in [-0.39, 0.29) is 0 Å². The number of nitrogens with zero attached hydrogens (tertiary/aromatic N) is 3. The highest BCUT2D eigenvalue weighted by atomic mass is 35.5. The summed E-state index contributed by atoms with van der Waals surface area (Å²) in [6.45, 7) is 3.28. The van der Waals surface area contributed by atoms with Crippen molar-refractivity contribution >= 4 is 28.7 Å². The smallest absolute Gasteiger partial charge is 0.161 e. The van der Waals surface area contributed by atoms with Crippen LogP contribution in [0.4, 0.5) is 0 Å². The molecule has 0 aliphatic heterocycles. The number of nitriles is 1. The molecule has 0 aliphatic rings. The Morgan fingerprint density at radius 3 is 2.66 bits per heavy atom. The van der Waals surface area contributed by atoms with E-state index in [9.17, 15) is 5.26 Å². The van der Waals surface area contributed by atoms with Gasteiger partial charge in [-0.1, -0.05) is 41.9 Å². The summed E-state index contributed by atoms with van der Waals surface area (Å²) in [6, 6.07) is 23.4. The van der Waals surface area contributed by atoms with Crippen LogP contribution in [-0.4, -0.2) is 16.2 Å². The molecular weight excluding hydrogens is 422 g/mol. The summed E-state index contributed by atoms with van der Waals surface area (Å²) in [5, 5.41) is 10.4. The van der Waals surface area contributed by atoms with E-state index < -0.39 is 0 Å². The van der Waals surface area contributed by atoms with Crippen molar-refractivity contribution in [1.29, 1.82) is 5.26 Å². The first-order valence-corrected chi connectivity index (χ1v) is 10.7. The molecule has 160 valence electrons. The number of allylic oxidation sites excluding steroid dienone is 1. The molecule has 0 saturated heterocycles. The van der Waals surface area contributed by atoms with Crippen LogP contribution in [0.15, 0.2) is 78.6 Å². The van der Waals surface area contributed by atoms with Gasteiger partial charge in [-0.3, -0.25) is 0 Å². The highest BCUT2D eigenvalue weighted by Crippen LogP contribution is 2.30. The molecule has 5 nitrogen and oxygen atoms in total. The standard InChI is InChI=1S/C26H22ClN3O2/c1-2-31-26-14-20(9-12-25(26)32-17-19-7-10-22(27)11-8-19)13-21(15-28)16-30-18-29-23-5-3-4-6-24(23)30/h3-14,18H,2,16-17H2,1H3/b21-13-. The summed E-state index contributed by atoms with van der Waals surface area (Å²) in [7, 11) is 0. The number of benzene rings is 3. The van der Waals surface area contributed by atoms with Gasteiger partial charge < -0.3 is 14.0 Å². The van der Waals surface area contributed by atoms with Crippen molar-refractivity contribution in [3.63, 3.8) is 0 Å². The van der Waals surface area contributed by atoms with Gasteiger partial charge in [-0.25, -0.2) is 4.98 Å². The van der Waals surface area contributed by atoms with Crippen LogP contribution in [0.1, 0.15) is 18.1 Å². The average Bonchev–Trinajstić information content (AvgIpc) is 3.22. The number of fused-ring (bicyclic) bond motifs is 1. The number of imidazole rings is 1. The van der Waals surface area contributed by atoms with Gasteiger partial charge in [0, 0.05) is 10.6 Å². The minimum absolute atomic E-state index is 0.406. The molecule has 32 heavy (non-hydrogen) atoms. The Morgan fingerprint density at radius 1 is 1.06 bits per heavy atom. The molecule has 1 heterocycles. The van der Waals surface area contributed by atoms with Crippen LogP contribution in [0, 0.1) is 11.3 Å². The van der Waals surface area contributed by atoms with Crippen molar-refractivity contribution < 1.29 is 9.47 Å². The van der Waals surface area contributed by atoms with Gasteiger partial charge >= 0.3 is 0 Å². The van der Waals surface area contributed by atoms with Gasteiger partial charge in [0.25, 0.3) is 0 Å². The second-order valence-corrected chi connectivity index (χ2v) is 7.63. The van der Waals surface area contributed by atoms with E-state index in [2.05, 4.69) is 11.1 Å². The maximum atomic E-state index is 9.70. The normalized spacial score (nSPS) is 11.3. The van der Waals surface area contributed by atoms with Gasteiger partial charge in [0.1, 0.15) is 6.61 Å². The highest BCUT2D eigenvalue weighted by Gasteiger charge is 2.09. The fourth-order valence-corrected chi connectivity index (χ4v) is 3.50. The van der Waals surface area contributed by atoms with Crippen LogP contribution in [0.3, 0.4) is 0 Å². The van der Waals surface area contributed by atoms with Crippen LogP contribution in [-0.2, 0) is 13.2 Å². The molecule has 0 aliphatic carbocycles. The predicted octanol–water partition coefficient (Wildman–Crippen LogP) is 6.27. The third kappa shape index (κ3) is 5.11. The molecule has 1 aromatic heterocycles. The van der Waals surface area contributed by atoms with Crippen molar-refractivity contribution in [2.24, 2.45) is 0 Å². The molecule has 3 aromatic carbocycles. The molecule has 4 rings (SSSR count). The molecule has 0 saturated carbocycles. The number of aromatic nitrogens is 2. The molecular formula is C26H22ClN3O2. The molecule has 0 atom stereocenters. The monoisotopic (exact) mass is 443 g/mol.